The third-order valence-electron chi connectivity index (χ3n) is 1.50. The van der Waals surface area contributed by atoms with Gasteiger partial charge >= 0.3 is 12.0 Å². The van der Waals surface area contributed by atoms with Crippen LogP contribution in [0, 0.1) is 10.1 Å². The van der Waals surface area contributed by atoms with Crippen LogP contribution in [0.5, 0.6) is 0 Å². The van der Waals surface area contributed by atoms with Crippen LogP contribution < -0.4 is 0 Å². The predicted molar refractivity (Wildman–Crippen MR) is 55.1 cm³/mol. The van der Waals surface area contributed by atoms with Crippen LogP contribution in [-0.2, 0) is 9.22 Å². The maximum atomic E-state index is 11.4. The van der Waals surface area contributed by atoms with Gasteiger partial charge in [0.25, 0.3) is 0 Å². The minimum atomic E-state index is -2.01. The molecule has 0 aromatic heterocycles. The Labute approximate surface area is 84.7 Å². The zero-order valence-corrected chi connectivity index (χ0v) is 10.1. The molecule has 14 heavy (non-hydrogen) atoms. The Morgan fingerprint density at radius 3 is 2.29 bits per heavy atom. The van der Waals surface area contributed by atoms with Crippen molar-refractivity contribution in [1.82, 2.24) is 0 Å². The number of nitrogens with zero attached hydrogens (tertiary/aromatic N) is 1. The summed E-state index contributed by atoms with van der Waals surface area (Å²) in [6, 6.07) is -1.19. The van der Waals surface area contributed by atoms with Gasteiger partial charge < -0.3 is 4.43 Å². The molecule has 0 aliphatic heterocycles. The van der Waals surface area contributed by atoms with Crippen LogP contribution in [0.15, 0.2) is 0 Å². The Hall–Kier alpha value is -0.913. The van der Waals surface area contributed by atoms with E-state index < -0.39 is 25.3 Å². The maximum absolute atomic E-state index is 11.4. The predicted octanol–water partition coefficient (Wildman–Crippen LogP) is 1.81. The largest absolute Gasteiger partial charge is 0.515 e. The highest BCUT2D eigenvalue weighted by Gasteiger charge is 2.33. The molecule has 0 aromatic carbocycles. The lowest BCUT2D eigenvalue weighted by molar-refractivity contribution is -0.510. The lowest BCUT2D eigenvalue weighted by atomic mass is 10.2. The Kier molecular flexibility index (Phi) is 4.76. The molecule has 0 bridgehead atoms. The summed E-state index contributed by atoms with van der Waals surface area (Å²) in [7, 11) is -2.01. The second kappa shape index (κ2) is 5.09. The molecule has 6 heteroatoms. The average molecular weight is 219 g/mol. The third-order valence-corrected chi connectivity index (χ3v) is 2.31. The van der Waals surface area contributed by atoms with E-state index in [0.717, 1.165) is 0 Å². The van der Waals surface area contributed by atoms with Crippen LogP contribution in [0.3, 0.4) is 0 Å². The normalized spacial score (nSPS) is 13.4. The Balaban J connectivity index is 4.38. The van der Waals surface area contributed by atoms with Gasteiger partial charge in [0.2, 0.25) is 8.32 Å². The fourth-order valence-corrected chi connectivity index (χ4v) is 1.69. The van der Waals surface area contributed by atoms with Crippen LogP contribution in [0.1, 0.15) is 19.8 Å². The molecule has 0 amide bonds. The van der Waals surface area contributed by atoms with Gasteiger partial charge in [-0.3, -0.25) is 10.1 Å². The first kappa shape index (κ1) is 13.1. The minimum Gasteiger partial charge on any atom is -0.515 e. The molecule has 82 valence electrons. The van der Waals surface area contributed by atoms with Crippen molar-refractivity contribution in [2.24, 2.45) is 0 Å². The van der Waals surface area contributed by atoms with Crippen molar-refractivity contribution < 1.29 is 14.1 Å². The zero-order chi connectivity index (χ0) is 11.4. The van der Waals surface area contributed by atoms with Gasteiger partial charge in [0.1, 0.15) is 0 Å². The van der Waals surface area contributed by atoms with Crippen LogP contribution in [0.25, 0.3) is 0 Å². The van der Waals surface area contributed by atoms with Gasteiger partial charge in [0.15, 0.2) is 0 Å². The lowest BCUT2D eigenvalue weighted by Gasteiger charge is -2.18. The van der Waals surface area contributed by atoms with Crippen LogP contribution in [0.2, 0.25) is 19.6 Å². The summed E-state index contributed by atoms with van der Waals surface area (Å²) >= 11 is 0. The first-order valence-corrected chi connectivity index (χ1v) is 8.05. The average Bonchev–Trinajstić information content (AvgIpc) is 1.95. The standard InChI is InChI=1S/C8H17NO4Si/c1-5-6-7(9(11)12)8(10)13-14(2,3)4/h7H,5-6H2,1-4H3. The van der Waals surface area contributed by atoms with Crippen LogP contribution >= 0.6 is 0 Å². The quantitative estimate of drug-likeness (QED) is 0.401. The minimum absolute atomic E-state index is 0.246. The monoisotopic (exact) mass is 219 g/mol. The van der Waals surface area contributed by atoms with Gasteiger partial charge in [-0.25, -0.2) is 4.79 Å². The zero-order valence-electron chi connectivity index (χ0n) is 9.07. The summed E-state index contributed by atoms with van der Waals surface area (Å²) in [5.41, 5.74) is 0. The van der Waals surface area contributed by atoms with Gasteiger partial charge in [-0.2, -0.15) is 0 Å². The van der Waals surface area contributed by atoms with E-state index in [-0.39, 0.29) is 6.42 Å². The number of nitro groups is 1. The van der Waals surface area contributed by atoms with Crippen molar-refractivity contribution in [1.29, 1.82) is 0 Å². The Morgan fingerprint density at radius 1 is 1.50 bits per heavy atom. The summed E-state index contributed by atoms with van der Waals surface area (Å²) in [5, 5.41) is 10.5. The molecule has 0 aliphatic carbocycles. The number of carbonyl (C=O) groups excluding carboxylic acids is 1. The number of hydrogen-bond acceptors (Lipinski definition) is 4. The molecule has 0 radical (unpaired) electrons. The second-order valence-corrected chi connectivity index (χ2v) is 8.55. The molecule has 0 fully saturated rings. The van der Waals surface area contributed by atoms with Gasteiger partial charge in [-0.15, -0.1) is 0 Å². The van der Waals surface area contributed by atoms with Crippen LogP contribution in [0.4, 0.5) is 0 Å². The SMILES string of the molecule is CCCC(C(=O)O[Si](C)(C)C)[N+](=O)[O-]. The van der Waals surface area contributed by atoms with Crippen molar-refractivity contribution >= 4 is 14.3 Å². The fraction of sp³-hybridized carbons (Fsp3) is 0.875. The third kappa shape index (κ3) is 4.96. The summed E-state index contributed by atoms with van der Waals surface area (Å²) in [5.74, 6) is -0.684. The summed E-state index contributed by atoms with van der Waals surface area (Å²) in [6.45, 7) is 7.29. The first-order valence-electron chi connectivity index (χ1n) is 4.64. The molecule has 0 spiro atoms. The van der Waals surface area contributed by atoms with Crippen molar-refractivity contribution in [3.05, 3.63) is 10.1 Å². The first-order chi connectivity index (χ1) is 6.28. The summed E-state index contributed by atoms with van der Waals surface area (Å²) in [4.78, 5) is 21.3. The molecule has 0 aromatic rings. The molecule has 0 saturated heterocycles. The van der Waals surface area contributed by atoms with Crippen molar-refractivity contribution in [3.63, 3.8) is 0 Å². The number of carbonyl (C=O) groups is 1. The van der Waals surface area contributed by atoms with Crippen LogP contribution in [-0.4, -0.2) is 25.3 Å². The molecular formula is C8H17NO4Si. The van der Waals surface area contributed by atoms with E-state index in [4.69, 9.17) is 4.43 Å². The molecule has 0 rings (SSSR count). The Morgan fingerprint density at radius 2 is 2.00 bits per heavy atom. The van der Waals surface area contributed by atoms with E-state index in [1.807, 2.05) is 19.6 Å². The molecule has 0 saturated carbocycles. The highest BCUT2D eigenvalue weighted by Crippen LogP contribution is 2.09. The molecule has 0 N–H and O–H groups in total. The van der Waals surface area contributed by atoms with Crippen molar-refractivity contribution in [2.45, 2.75) is 45.4 Å². The highest BCUT2D eigenvalue weighted by molar-refractivity contribution is 6.71. The van der Waals surface area contributed by atoms with E-state index in [1.165, 1.54) is 0 Å². The van der Waals surface area contributed by atoms with E-state index in [1.54, 1.807) is 6.92 Å². The van der Waals surface area contributed by atoms with Crippen molar-refractivity contribution in [3.8, 4) is 0 Å². The van der Waals surface area contributed by atoms with E-state index in [0.29, 0.717) is 6.42 Å². The van der Waals surface area contributed by atoms with Gasteiger partial charge in [-0.1, -0.05) is 6.92 Å². The second-order valence-electron chi connectivity index (χ2n) is 4.12. The number of rotatable bonds is 5. The molecule has 0 aliphatic rings. The fourth-order valence-electron chi connectivity index (χ4n) is 0.953. The van der Waals surface area contributed by atoms with Gasteiger partial charge in [0, 0.05) is 11.3 Å². The molecular weight excluding hydrogens is 202 g/mol. The molecule has 1 atom stereocenters. The Bertz CT molecular complexity index is 224. The van der Waals surface area contributed by atoms with E-state index in [2.05, 4.69) is 0 Å². The maximum Gasteiger partial charge on any atom is 0.368 e. The van der Waals surface area contributed by atoms with E-state index in [9.17, 15) is 14.9 Å². The summed E-state index contributed by atoms with van der Waals surface area (Å²) in [6.07, 6.45) is 0.850. The smallest absolute Gasteiger partial charge is 0.368 e. The van der Waals surface area contributed by atoms with Gasteiger partial charge in [-0.05, 0) is 26.1 Å². The van der Waals surface area contributed by atoms with Crippen molar-refractivity contribution in [2.75, 3.05) is 0 Å². The lowest BCUT2D eigenvalue weighted by Crippen LogP contribution is -2.38. The highest BCUT2D eigenvalue weighted by atomic mass is 28.4. The molecule has 5 nitrogen and oxygen atoms in total. The summed E-state index contributed by atoms with van der Waals surface area (Å²) < 4.78 is 5.07. The molecule has 0 heterocycles. The molecule has 1 unspecified atom stereocenters. The van der Waals surface area contributed by atoms with E-state index >= 15 is 0 Å². The topological polar surface area (TPSA) is 69.4 Å². The van der Waals surface area contributed by atoms with Gasteiger partial charge in [0.05, 0.1) is 0 Å². The number of hydrogen-bond donors (Lipinski definition) is 0.